The molecule has 4 nitrogen and oxygen atoms in total. The minimum Gasteiger partial charge on any atom is -0.482 e. The fraction of sp³-hybridized carbons (Fsp3) is 0.0455. The number of benzene rings is 3. The van der Waals surface area contributed by atoms with Crippen LogP contribution in [-0.2, 0) is 16.1 Å². The van der Waals surface area contributed by atoms with Gasteiger partial charge in [-0.3, -0.25) is 0 Å². The minimum atomic E-state index is -1.02. The van der Waals surface area contributed by atoms with Crippen molar-refractivity contribution >= 4 is 33.8 Å². The van der Waals surface area contributed by atoms with Crippen molar-refractivity contribution in [3.05, 3.63) is 89.9 Å². The third kappa shape index (κ3) is 3.17. The highest BCUT2D eigenvalue weighted by Crippen LogP contribution is 2.23. The molecule has 128 valence electrons. The molecule has 0 unspecified atom stereocenters. The smallest absolute Gasteiger partial charge is 0.371 e. The summed E-state index contributed by atoms with van der Waals surface area (Å²) in [4.78, 5) is 10.6. The summed E-state index contributed by atoms with van der Waals surface area (Å²) in [6.45, 7) is 0.342. The van der Waals surface area contributed by atoms with Crippen LogP contribution in [0.25, 0.3) is 27.8 Å². The van der Waals surface area contributed by atoms with E-state index in [-0.39, 0.29) is 5.76 Å². The Morgan fingerprint density at radius 1 is 0.885 bits per heavy atom. The van der Waals surface area contributed by atoms with Crippen LogP contribution in [0.4, 0.5) is 0 Å². The molecule has 0 bridgehead atoms. The van der Waals surface area contributed by atoms with E-state index in [1.54, 1.807) is 12.3 Å². The lowest BCUT2D eigenvalue weighted by Crippen LogP contribution is -2.09. The highest BCUT2D eigenvalue weighted by Gasteiger charge is 2.15. The molecule has 1 N–H and O–H groups in total. The van der Waals surface area contributed by atoms with Crippen molar-refractivity contribution in [1.82, 2.24) is 0 Å². The Balaban J connectivity index is 0.000000129. The summed E-state index contributed by atoms with van der Waals surface area (Å²) >= 11 is 0. The van der Waals surface area contributed by atoms with Gasteiger partial charge in [-0.25, -0.2) is 4.79 Å². The maximum Gasteiger partial charge on any atom is 0.371 e. The Kier molecular flexibility index (Phi) is 4.15. The standard InChI is InChI=1S/C12H8O.C10H8O3/c1-2-4-10-8-12-11(5-6-13-12)7-9(10)3-1;11-10(12)9-5-7-3-1-2-4-8(7)6-13-9/h1-8H;1-5H,6H2,(H,11,12). The van der Waals surface area contributed by atoms with Gasteiger partial charge in [-0.15, -0.1) is 0 Å². The zero-order valence-electron chi connectivity index (χ0n) is 13.9. The molecule has 1 aliphatic heterocycles. The maximum absolute atomic E-state index is 10.6. The molecule has 3 aromatic carbocycles. The summed E-state index contributed by atoms with van der Waals surface area (Å²) in [7, 11) is 0. The van der Waals surface area contributed by atoms with E-state index in [1.165, 1.54) is 16.2 Å². The molecule has 1 aliphatic rings. The molecule has 0 saturated heterocycles. The third-order valence-electron chi connectivity index (χ3n) is 4.26. The number of carboxylic acids is 1. The van der Waals surface area contributed by atoms with Crippen molar-refractivity contribution in [3.8, 4) is 0 Å². The van der Waals surface area contributed by atoms with Crippen LogP contribution < -0.4 is 0 Å². The Labute approximate surface area is 149 Å². The number of carboxylic acid groups (broad SMARTS) is 1. The van der Waals surface area contributed by atoms with Crippen LogP contribution in [0.3, 0.4) is 0 Å². The summed E-state index contributed by atoms with van der Waals surface area (Å²) < 4.78 is 10.4. The second kappa shape index (κ2) is 6.76. The number of ether oxygens (including phenoxy) is 1. The van der Waals surface area contributed by atoms with Gasteiger partial charge >= 0.3 is 5.97 Å². The van der Waals surface area contributed by atoms with Gasteiger partial charge in [0.05, 0.1) is 6.26 Å². The Bertz CT molecular complexity index is 1070. The van der Waals surface area contributed by atoms with Crippen molar-refractivity contribution < 1.29 is 19.1 Å². The van der Waals surface area contributed by atoms with Crippen LogP contribution in [0, 0.1) is 0 Å². The fourth-order valence-electron chi connectivity index (χ4n) is 2.92. The largest absolute Gasteiger partial charge is 0.482 e. The first kappa shape index (κ1) is 16.0. The number of hydrogen-bond acceptors (Lipinski definition) is 3. The average Bonchev–Trinajstić information content (AvgIpc) is 3.13. The number of aliphatic carboxylic acids is 1. The third-order valence-corrected chi connectivity index (χ3v) is 4.26. The van der Waals surface area contributed by atoms with E-state index in [2.05, 4.69) is 24.3 Å². The van der Waals surface area contributed by atoms with Gasteiger partial charge in [0, 0.05) is 5.39 Å². The van der Waals surface area contributed by atoms with Gasteiger partial charge in [-0.05, 0) is 46.2 Å². The number of furan rings is 1. The lowest BCUT2D eigenvalue weighted by atomic mass is 10.1. The fourth-order valence-corrected chi connectivity index (χ4v) is 2.92. The van der Waals surface area contributed by atoms with E-state index in [0.717, 1.165) is 16.7 Å². The van der Waals surface area contributed by atoms with Crippen molar-refractivity contribution in [2.24, 2.45) is 0 Å². The van der Waals surface area contributed by atoms with E-state index < -0.39 is 5.97 Å². The molecule has 0 aliphatic carbocycles. The van der Waals surface area contributed by atoms with Gasteiger partial charge in [-0.1, -0.05) is 48.5 Å². The molecule has 26 heavy (non-hydrogen) atoms. The summed E-state index contributed by atoms with van der Waals surface area (Å²) in [5.41, 5.74) is 2.90. The number of rotatable bonds is 1. The molecular formula is C22H16O4. The van der Waals surface area contributed by atoms with Crippen molar-refractivity contribution in [3.63, 3.8) is 0 Å². The lowest BCUT2D eigenvalue weighted by Gasteiger charge is -2.14. The van der Waals surface area contributed by atoms with E-state index in [0.29, 0.717) is 6.61 Å². The van der Waals surface area contributed by atoms with E-state index in [1.807, 2.05) is 42.5 Å². The van der Waals surface area contributed by atoms with Crippen LogP contribution >= 0.6 is 0 Å². The van der Waals surface area contributed by atoms with Gasteiger partial charge in [0.15, 0.2) is 0 Å². The van der Waals surface area contributed by atoms with E-state index in [4.69, 9.17) is 14.3 Å². The minimum absolute atomic E-state index is 0.0127. The first-order chi connectivity index (χ1) is 12.7. The lowest BCUT2D eigenvalue weighted by molar-refractivity contribution is -0.136. The molecule has 0 atom stereocenters. The van der Waals surface area contributed by atoms with Crippen LogP contribution in [0.2, 0.25) is 0 Å². The molecule has 0 amide bonds. The van der Waals surface area contributed by atoms with E-state index in [9.17, 15) is 4.79 Å². The normalized spacial score (nSPS) is 12.5. The Hall–Kier alpha value is -3.53. The second-order valence-electron chi connectivity index (χ2n) is 5.96. The Morgan fingerprint density at radius 2 is 1.62 bits per heavy atom. The number of carbonyl (C=O) groups is 1. The summed E-state index contributed by atoms with van der Waals surface area (Å²) in [6, 6.07) is 22.1. The molecule has 0 spiro atoms. The van der Waals surface area contributed by atoms with Crippen molar-refractivity contribution in [1.29, 1.82) is 0 Å². The molecule has 0 saturated carbocycles. The van der Waals surface area contributed by atoms with E-state index >= 15 is 0 Å². The molecule has 5 rings (SSSR count). The predicted molar refractivity (Wildman–Crippen MR) is 101 cm³/mol. The van der Waals surface area contributed by atoms with Crippen LogP contribution in [-0.4, -0.2) is 11.1 Å². The SMILES string of the molecule is O=C(O)C1=Cc2ccccc2CO1.c1ccc2cc3occc3cc2c1. The summed E-state index contributed by atoms with van der Waals surface area (Å²) in [6.07, 6.45) is 3.27. The first-order valence-corrected chi connectivity index (χ1v) is 8.22. The van der Waals surface area contributed by atoms with Gasteiger partial charge in [0.1, 0.15) is 12.2 Å². The van der Waals surface area contributed by atoms with Crippen molar-refractivity contribution in [2.45, 2.75) is 6.61 Å². The molecule has 0 fully saturated rings. The molecular weight excluding hydrogens is 328 g/mol. The van der Waals surface area contributed by atoms with Crippen LogP contribution in [0.1, 0.15) is 11.1 Å². The summed E-state index contributed by atoms with van der Waals surface area (Å²) in [5, 5.41) is 12.3. The predicted octanol–water partition coefficient (Wildman–Crippen LogP) is 5.23. The van der Waals surface area contributed by atoms with Gasteiger partial charge in [-0.2, -0.15) is 0 Å². The monoisotopic (exact) mass is 344 g/mol. The zero-order valence-corrected chi connectivity index (χ0v) is 13.9. The number of fused-ring (bicyclic) bond motifs is 3. The number of hydrogen-bond donors (Lipinski definition) is 1. The zero-order chi connectivity index (χ0) is 17.9. The summed E-state index contributed by atoms with van der Waals surface area (Å²) in [5.74, 6) is -1.01. The van der Waals surface area contributed by atoms with Gasteiger partial charge in [0.25, 0.3) is 0 Å². The molecule has 4 aromatic rings. The quantitative estimate of drug-likeness (QED) is 0.514. The van der Waals surface area contributed by atoms with Gasteiger partial charge < -0.3 is 14.3 Å². The molecule has 1 aromatic heterocycles. The average molecular weight is 344 g/mol. The second-order valence-corrected chi connectivity index (χ2v) is 5.96. The van der Waals surface area contributed by atoms with Crippen molar-refractivity contribution in [2.75, 3.05) is 0 Å². The van der Waals surface area contributed by atoms with Crippen LogP contribution in [0.15, 0.2) is 83.2 Å². The molecule has 0 radical (unpaired) electrons. The highest BCUT2D eigenvalue weighted by atomic mass is 16.5. The molecule has 4 heteroatoms. The van der Waals surface area contributed by atoms with Gasteiger partial charge in [0.2, 0.25) is 5.76 Å². The highest BCUT2D eigenvalue weighted by molar-refractivity contribution is 5.95. The maximum atomic E-state index is 10.6. The topological polar surface area (TPSA) is 59.7 Å². The first-order valence-electron chi connectivity index (χ1n) is 8.22. The molecule has 2 heterocycles. The van der Waals surface area contributed by atoms with Crippen LogP contribution in [0.5, 0.6) is 0 Å². The Morgan fingerprint density at radius 3 is 2.42 bits per heavy atom.